The molecule has 1 fully saturated rings. The third kappa shape index (κ3) is 4.83. The van der Waals surface area contributed by atoms with E-state index < -0.39 is 0 Å². The number of nitrogens with zero attached hydrogens (tertiary/aromatic N) is 2. The minimum absolute atomic E-state index is 0. The van der Waals surface area contributed by atoms with E-state index in [1.54, 1.807) is 6.20 Å². The number of carbonyl (C=O) groups is 1. The lowest BCUT2D eigenvalue weighted by atomic mass is 9.91. The first-order valence-electron chi connectivity index (χ1n) is 10.7. The monoisotopic (exact) mass is 438 g/mol. The summed E-state index contributed by atoms with van der Waals surface area (Å²) < 4.78 is 1.99. The molecule has 164 valence electrons. The zero-order valence-electron chi connectivity index (χ0n) is 18.7. The summed E-state index contributed by atoms with van der Waals surface area (Å²) in [5, 5.41) is 11.2. The van der Waals surface area contributed by atoms with Gasteiger partial charge in [0, 0.05) is 11.6 Å². The minimum atomic E-state index is -0.0912. The van der Waals surface area contributed by atoms with Crippen LogP contribution in [-0.4, -0.2) is 28.8 Å². The van der Waals surface area contributed by atoms with Gasteiger partial charge < -0.3 is 10.6 Å². The lowest BCUT2D eigenvalue weighted by Gasteiger charge is -2.25. The fourth-order valence-electron chi connectivity index (χ4n) is 4.40. The van der Waals surface area contributed by atoms with E-state index in [-0.39, 0.29) is 18.3 Å². The van der Waals surface area contributed by atoms with Crippen LogP contribution in [0.1, 0.15) is 57.1 Å². The summed E-state index contributed by atoms with van der Waals surface area (Å²) in [6.45, 7) is 10.2. The van der Waals surface area contributed by atoms with E-state index in [2.05, 4.69) is 60.8 Å². The molecule has 6 heteroatoms. The highest BCUT2D eigenvalue weighted by molar-refractivity contribution is 6.05. The molecule has 0 saturated carbocycles. The maximum atomic E-state index is 13.3. The molecule has 1 aromatic heterocycles. The topological polar surface area (TPSA) is 59.0 Å². The van der Waals surface area contributed by atoms with Gasteiger partial charge >= 0.3 is 0 Å². The van der Waals surface area contributed by atoms with E-state index in [1.165, 1.54) is 11.1 Å². The molecule has 0 aliphatic carbocycles. The van der Waals surface area contributed by atoms with Gasteiger partial charge in [0.15, 0.2) is 0 Å². The predicted octanol–water partition coefficient (Wildman–Crippen LogP) is 5.25. The zero-order valence-corrected chi connectivity index (χ0v) is 19.5. The van der Waals surface area contributed by atoms with Crippen LogP contribution in [0.4, 0.5) is 5.69 Å². The number of benzene rings is 2. The molecule has 0 radical (unpaired) electrons. The number of aryl methyl sites for hydroxylation is 4. The van der Waals surface area contributed by atoms with Gasteiger partial charge in [0.05, 0.1) is 23.1 Å². The molecule has 3 aromatic rings. The van der Waals surface area contributed by atoms with Crippen LogP contribution in [0.2, 0.25) is 0 Å². The zero-order chi connectivity index (χ0) is 21.3. The van der Waals surface area contributed by atoms with Gasteiger partial charge in [0.2, 0.25) is 0 Å². The van der Waals surface area contributed by atoms with Gasteiger partial charge in [-0.3, -0.25) is 4.79 Å². The van der Waals surface area contributed by atoms with E-state index >= 15 is 0 Å². The number of rotatable bonds is 4. The van der Waals surface area contributed by atoms with E-state index in [9.17, 15) is 4.79 Å². The summed E-state index contributed by atoms with van der Waals surface area (Å²) in [6, 6.07) is 12.5. The van der Waals surface area contributed by atoms with Gasteiger partial charge in [-0.1, -0.05) is 35.4 Å². The number of anilines is 1. The average molecular weight is 439 g/mol. The number of carbonyl (C=O) groups excluding carboxylic acids is 1. The highest BCUT2D eigenvalue weighted by Crippen LogP contribution is 2.32. The van der Waals surface area contributed by atoms with Gasteiger partial charge in [-0.05, 0) is 76.9 Å². The Morgan fingerprint density at radius 2 is 1.65 bits per heavy atom. The van der Waals surface area contributed by atoms with E-state index in [1.807, 2.05) is 23.7 Å². The molecule has 5 nitrogen and oxygen atoms in total. The Balaban J connectivity index is 0.00000272. The van der Waals surface area contributed by atoms with Crippen LogP contribution in [0.15, 0.2) is 42.6 Å². The van der Waals surface area contributed by atoms with Gasteiger partial charge in [0.1, 0.15) is 0 Å². The smallest absolute Gasteiger partial charge is 0.259 e. The number of hydrogen-bond acceptors (Lipinski definition) is 3. The van der Waals surface area contributed by atoms with Crippen molar-refractivity contribution in [3.8, 4) is 5.69 Å². The Bertz CT molecular complexity index is 1080. The largest absolute Gasteiger partial charge is 0.322 e. The Hall–Kier alpha value is -2.63. The van der Waals surface area contributed by atoms with Crippen LogP contribution in [-0.2, 0) is 0 Å². The van der Waals surface area contributed by atoms with Crippen LogP contribution in [0.25, 0.3) is 5.69 Å². The van der Waals surface area contributed by atoms with E-state index in [0.29, 0.717) is 11.5 Å². The second kappa shape index (κ2) is 9.67. The molecule has 0 atom stereocenters. The van der Waals surface area contributed by atoms with Crippen molar-refractivity contribution < 1.29 is 4.79 Å². The lowest BCUT2D eigenvalue weighted by molar-refractivity contribution is 0.102. The molecule has 2 heterocycles. The molecule has 2 aromatic carbocycles. The average Bonchev–Trinajstić information content (AvgIpc) is 3.15. The predicted molar refractivity (Wildman–Crippen MR) is 129 cm³/mol. The molecule has 1 aliphatic heterocycles. The number of halogens is 1. The Labute approximate surface area is 190 Å². The summed E-state index contributed by atoms with van der Waals surface area (Å²) in [7, 11) is 0. The number of aromatic nitrogens is 2. The van der Waals surface area contributed by atoms with Crippen molar-refractivity contribution in [2.45, 2.75) is 46.5 Å². The van der Waals surface area contributed by atoms with Gasteiger partial charge in [-0.25, -0.2) is 4.68 Å². The van der Waals surface area contributed by atoms with Crippen LogP contribution in [0.3, 0.4) is 0 Å². The van der Waals surface area contributed by atoms with Crippen molar-refractivity contribution in [2.24, 2.45) is 0 Å². The molecule has 0 unspecified atom stereocenters. The van der Waals surface area contributed by atoms with E-state index in [0.717, 1.165) is 54.1 Å². The number of hydrogen-bond donors (Lipinski definition) is 2. The number of amides is 1. The fourth-order valence-corrected chi connectivity index (χ4v) is 4.40. The van der Waals surface area contributed by atoms with Crippen molar-refractivity contribution >= 4 is 24.0 Å². The summed E-state index contributed by atoms with van der Waals surface area (Å²) >= 11 is 0. The summed E-state index contributed by atoms with van der Waals surface area (Å²) in [4.78, 5) is 13.3. The lowest BCUT2D eigenvalue weighted by Crippen LogP contribution is -2.29. The summed E-state index contributed by atoms with van der Waals surface area (Å²) in [6.07, 6.45) is 3.73. The molecule has 4 rings (SSSR count). The van der Waals surface area contributed by atoms with Gasteiger partial charge in [-0.15, -0.1) is 12.4 Å². The van der Waals surface area contributed by atoms with Crippen molar-refractivity contribution in [2.75, 3.05) is 18.4 Å². The minimum Gasteiger partial charge on any atom is -0.322 e. The van der Waals surface area contributed by atoms with Gasteiger partial charge in [0.25, 0.3) is 5.91 Å². The second-order valence-corrected chi connectivity index (χ2v) is 8.44. The molecule has 2 N–H and O–H groups in total. The molecule has 1 aliphatic rings. The van der Waals surface area contributed by atoms with Crippen LogP contribution in [0.5, 0.6) is 0 Å². The first kappa shape index (κ1) is 23.0. The number of nitrogens with one attached hydrogen (secondary N) is 2. The Morgan fingerprint density at radius 1 is 1.00 bits per heavy atom. The van der Waals surface area contributed by atoms with Crippen LogP contribution < -0.4 is 10.6 Å². The standard InChI is InChI=1S/C25H30N4O.ClH/c1-16-5-7-22(18(3)13-16)28-25(30)21-15-27-29(23-8-6-17(2)14-19(23)4)24(21)20-9-11-26-12-10-20;/h5-8,13-15,20,26H,9-12H2,1-4H3,(H,28,30);1H. The molecule has 1 saturated heterocycles. The first-order valence-corrected chi connectivity index (χ1v) is 10.7. The quantitative estimate of drug-likeness (QED) is 0.585. The highest BCUT2D eigenvalue weighted by Gasteiger charge is 2.27. The Kier molecular flexibility index (Phi) is 7.19. The summed E-state index contributed by atoms with van der Waals surface area (Å²) in [5.74, 6) is 0.209. The van der Waals surface area contributed by atoms with E-state index in [4.69, 9.17) is 0 Å². The highest BCUT2D eigenvalue weighted by atomic mass is 35.5. The molecule has 31 heavy (non-hydrogen) atoms. The third-order valence-electron chi connectivity index (χ3n) is 5.99. The van der Waals surface area contributed by atoms with Crippen LogP contribution >= 0.6 is 12.4 Å². The molecular weight excluding hydrogens is 408 g/mol. The third-order valence-corrected chi connectivity index (χ3v) is 5.99. The van der Waals surface area contributed by atoms with Crippen molar-refractivity contribution in [1.29, 1.82) is 0 Å². The van der Waals surface area contributed by atoms with Crippen molar-refractivity contribution in [1.82, 2.24) is 15.1 Å². The fraction of sp³-hybridized carbons (Fsp3) is 0.360. The SMILES string of the molecule is Cc1ccc(NC(=O)c2cnn(-c3ccc(C)cc3C)c2C2CCNCC2)c(C)c1.Cl. The molecular formula is C25H31ClN4O. The second-order valence-electron chi connectivity index (χ2n) is 8.44. The maximum absolute atomic E-state index is 13.3. The number of piperidine rings is 1. The molecule has 0 bridgehead atoms. The van der Waals surface area contributed by atoms with Crippen LogP contribution in [0, 0.1) is 27.7 Å². The van der Waals surface area contributed by atoms with Crippen molar-refractivity contribution in [3.05, 3.63) is 76.1 Å². The maximum Gasteiger partial charge on any atom is 0.259 e. The normalized spacial score (nSPS) is 14.2. The van der Waals surface area contributed by atoms with Gasteiger partial charge in [-0.2, -0.15) is 5.10 Å². The Morgan fingerprint density at radius 3 is 2.29 bits per heavy atom. The molecule has 1 amide bonds. The summed E-state index contributed by atoms with van der Waals surface area (Å²) in [5.41, 5.74) is 8.21. The van der Waals surface area contributed by atoms with Crippen molar-refractivity contribution in [3.63, 3.8) is 0 Å². The first-order chi connectivity index (χ1) is 14.4. The molecule has 0 spiro atoms.